The van der Waals surface area contributed by atoms with Crippen molar-refractivity contribution in [3.63, 3.8) is 0 Å². The van der Waals surface area contributed by atoms with Gasteiger partial charge in [-0.25, -0.2) is 4.98 Å². The monoisotopic (exact) mass is 257 g/mol. The number of nitrogens with zero attached hydrogens (tertiary/aromatic N) is 2. The summed E-state index contributed by atoms with van der Waals surface area (Å²) in [6, 6.07) is 9.47. The second-order valence-corrected chi connectivity index (χ2v) is 5.00. The maximum atomic E-state index is 11.6. The summed E-state index contributed by atoms with van der Waals surface area (Å²) in [6.07, 6.45) is 3.01. The van der Waals surface area contributed by atoms with Crippen LogP contribution >= 0.6 is 0 Å². The van der Waals surface area contributed by atoms with E-state index >= 15 is 0 Å². The van der Waals surface area contributed by atoms with Gasteiger partial charge in [0, 0.05) is 24.8 Å². The molecule has 4 nitrogen and oxygen atoms in total. The number of aromatic nitrogens is 2. The Morgan fingerprint density at radius 3 is 2.37 bits per heavy atom. The molecule has 1 atom stereocenters. The van der Waals surface area contributed by atoms with Gasteiger partial charge in [-0.1, -0.05) is 38.1 Å². The van der Waals surface area contributed by atoms with E-state index in [0.717, 1.165) is 5.56 Å². The molecule has 19 heavy (non-hydrogen) atoms. The van der Waals surface area contributed by atoms with Gasteiger partial charge >= 0.3 is 0 Å². The van der Waals surface area contributed by atoms with Gasteiger partial charge in [0.05, 0.1) is 6.33 Å². The summed E-state index contributed by atoms with van der Waals surface area (Å²) in [5.74, 6) is 0.506. The fourth-order valence-corrected chi connectivity index (χ4v) is 1.96. The topological polar surface area (TPSA) is 60.9 Å². The lowest BCUT2D eigenvalue weighted by Gasteiger charge is -2.14. The number of hydrogen-bond acceptors (Lipinski definition) is 3. The summed E-state index contributed by atoms with van der Waals surface area (Å²) in [5.41, 5.74) is 8.37. The lowest BCUT2D eigenvalue weighted by molar-refractivity contribution is 0.554. The third-order valence-corrected chi connectivity index (χ3v) is 3.22. The molecule has 1 heterocycles. The van der Waals surface area contributed by atoms with Crippen molar-refractivity contribution in [2.24, 2.45) is 5.73 Å². The standard InChI is InChI=1S/C15H19N3O/c1-11(2)12-3-5-13(6-4-12)14(16)9-18-10-17-8-7-15(18)19/h3-8,10-11,14H,9,16H2,1-2H3. The van der Waals surface area contributed by atoms with E-state index in [-0.39, 0.29) is 11.6 Å². The SMILES string of the molecule is CC(C)c1ccc(C(N)Cn2cnccc2=O)cc1. The summed E-state index contributed by atoms with van der Waals surface area (Å²) < 4.78 is 1.53. The van der Waals surface area contributed by atoms with E-state index in [1.165, 1.54) is 28.7 Å². The van der Waals surface area contributed by atoms with Gasteiger partial charge in [-0.05, 0) is 17.0 Å². The van der Waals surface area contributed by atoms with Gasteiger partial charge in [0.1, 0.15) is 0 Å². The average molecular weight is 257 g/mol. The first kappa shape index (κ1) is 13.5. The molecule has 2 N–H and O–H groups in total. The van der Waals surface area contributed by atoms with Crippen LogP contribution in [0.2, 0.25) is 0 Å². The molecule has 0 radical (unpaired) electrons. The number of rotatable bonds is 4. The average Bonchev–Trinajstić information content (AvgIpc) is 2.41. The molecular formula is C15H19N3O. The molecule has 0 amide bonds. The number of hydrogen-bond donors (Lipinski definition) is 1. The van der Waals surface area contributed by atoms with Crippen molar-refractivity contribution >= 4 is 0 Å². The lowest BCUT2D eigenvalue weighted by atomic mass is 9.99. The molecule has 0 fully saturated rings. The first-order valence-corrected chi connectivity index (χ1v) is 6.44. The number of nitrogens with two attached hydrogens (primary N) is 1. The smallest absolute Gasteiger partial charge is 0.253 e. The van der Waals surface area contributed by atoms with Crippen molar-refractivity contribution in [1.82, 2.24) is 9.55 Å². The van der Waals surface area contributed by atoms with Crippen LogP contribution in [0.4, 0.5) is 0 Å². The Labute approximate surface area is 112 Å². The molecule has 2 aromatic rings. The van der Waals surface area contributed by atoms with Gasteiger partial charge in [0.15, 0.2) is 0 Å². The normalized spacial score (nSPS) is 12.6. The fraction of sp³-hybridized carbons (Fsp3) is 0.333. The third-order valence-electron chi connectivity index (χ3n) is 3.22. The van der Waals surface area contributed by atoms with Gasteiger partial charge in [0.25, 0.3) is 5.56 Å². The maximum Gasteiger partial charge on any atom is 0.253 e. The van der Waals surface area contributed by atoms with Gasteiger partial charge < -0.3 is 5.73 Å². The second kappa shape index (κ2) is 5.80. The highest BCUT2D eigenvalue weighted by Crippen LogP contribution is 2.18. The van der Waals surface area contributed by atoms with Crippen molar-refractivity contribution in [3.8, 4) is 0 Å². The zero-order valence-electron chi connectivity index (χ0n) is 11.3. The van der Waals surface area contributed by atoms with Gasteiger partial charge in [-0.15, -0.1) is 0 Å². The predicted molar refractivity (Wildman–Crippen MR) is 76.0 cm³/mol. The van der Waals surface area contributed by atoms with Crippen molar-refractivity contribution < 1.29 is 0 Å². The van der Waals surface area contributed by atoms with Crippen molar-refractivity contribution in [2.45, 2.75) is 32.4 Å². The van der Waals surface area contributed by atoms with Crippen molar-refractivity contribution in [1.29, 1.82) is 0 Å². The van der Waals surface area contributed by atoms with Crippen LogP contribution in [-0.2, 0) is 6.54 Å². The summed E-state index contributed by atoms with van der Waals surface area (Å²) in [5, 5.41) is 0. The van der Waals surface area contributed by atoms with E-state index < -0.39 is 0 Å². The molecule has 0 spiro atoms. The molecule has 2 rings (SSSR count). The third kappa shape index (κ3) is 3.29. The van der Waals surface area contributed by atoms with E-state index in [0.29, 0.717) is 12.5 Å². The Morgan fingerprint density at radius 2 is 1.79 bits per heavy atom. The highest BCUT2D eigenvalue weighted by molar-refractivity contribution is 5.26. The van der Waals surface area contributed by atoms with Crippen LogP contribution in [0.1, 0.15) is 36.9 Å². The van der Waals surface area contributed by atoms with Crippen LogP contribution in [0.3, 0.4) is 0 Å². The molecule has 1 unspecified atom stereocenters. The minimum atomic E-state index is -0.205. The predicted octanol–water partition coefficient (Wildman–Crippen LogP) is 2.07. The van der Waals surface area contributed by atoms with E-state index in [1.807, 2.05) is 12.1 Å². The molecule has 0 aliphatic carbocycles. The van der Waals surface area contributed by atoms with Crippen molar-refractivity contribution in [2.75, 3.05) is 0 Å². The number of benzene rings is 1. The van der Waals surface area contributed by atoms with Crippen LogP contribution in [0.25, 0.3) is 0 Å². The zero-order valence-corrected chi connectivity index (χ0v) is 11.3. The molecule has 0 aliphatic rings. The molecule has 4 heteroatoms. The largest absolute Gasteiger partial charge is 0.322 e. The molecule has 0 saturated carbocycles. The van der Waals surface area contributed by atoms with Crippen LogP contribution in [0.5, 0.6) is 0 Å². The lowest BCUT2D eigenvalue weighted by Crippen LogP contribution is -2.26. The molecule has 1 aromatic carbocycles. The van der Waals surface area contributed by atoms with Gasteiger partial charge in [0.2, 0.25) is 0 Å². The summed E-state index contributed by atoms with van der Waals surface area (Å²) in [6.45, 7) is 4.75. The Morgan fingerprint density at radius 1 is 1.16 bits per heavy atom. The summed E-state index contributed by atoms with van der Waals surface area (Å²) >= 11 is 0. The molecule has 0 aliphatic heterocycles. The van der Waals surface area contributed by atoms with Crippen LogP contribution in [0, 0.1) is 0 Å². The van der Waals surface area contributed by atoms with Gasteiger partial charge in [-0.2, -0.15) is 0 Å². The first-order valence-electron chi connectivity index (χ1n) is 6.44. The highest BCUT2D eigenvalue weighted by atomic mass is 16.1. The molecule has 1 aromatic heterocycles. The maximum absolute atomic E-state index is 11.6. The van der Waals surface area contributed by atoms with Crippen LogP contribution in [-0.4, -0.2) is 9.55 Å². The molecule has 0 saturated heterocycles. The van der Waals surface area contributed by atoms with Gasteiger partial charge in [-0.3, -0.25) is 9.36 Å². The fourth-order valence-electron chi connectivity index (χ4n) is 1.96. The Bertz CT molecular complexity index is 587. The first-order chi connectivity index (χ1) is 9.08. The van der Waals surface area contributed by atoms with Crippen LogP contribution < -0.4 is 11.3 Å². The van der Waals surface area contributed by atoms with Crippen LogP contribution in [0.15, 0.2) is 47.7 Å². The van der Waals surface area contributed by atoms with E-state index in [4.69, 9.17) is 5.73 Å². The van der Waals surface area contributed by atoms with E-state index in [9.17, 15) is 4.79 Å². The summed E-state index contributed by atoms with van der Waals surface area (Å²) in [4.78, 5) is 15.5. The Kier molecular flexibility index (Phi) is 4.12. The zero-order chi connectivity index (χ0) is 13.8. The minimum Gasteiger partial charge on any atom is -0.322 e. The molecule has 100 valence electrons. The Balaban J connectivity index is 2.14. The molecular weight excluding hydrogens is 238 g/mol. The quantitative estimate of drug-likeness (QED) is 0.912. The van der Waals surface area contributed by atoms with E-state index in [2.05, 4.69) is 31.0 Å². The highest BCUT2D eigenvalue weighted by Gasteiger charge is 2.08. The van der Waals surface area contributed by atoms with E-state index in [1.54, 1.807) is 0 Å². The second-order valence-electron chi connectivity index (χ2n) is 5.00. The minimum absolute atomic E-state index is 0.0794. The molecule has 0 bridgehead atoms. The Hall–Kier alpha value is -1.94. The van der Waals surface area contributed by atoms with Crippen molar-refractivity contribution in [3.05, 3.63) is 64.3 Å². The summed E-state index contributed by atoms with van der Waals surface area (Å²) in [7, 11) is 0.